The molecule has 0 aliphatic heterocycles. The second-order valence-corrected chi connectivity index (χ2v) is 5.38. The fourth-order valence-electron chi connectivity index (χ4n) is 2.15. The van der Waals surface area contributed by atoms with Crippen LogP contribution in [-0.2, 0) is 0 Å². The van der Waals surface area contributed by atoms with Crippen LogP contribution in [-0.4, -0.2) is 10.1 Å². The number of non-ortho nitro benzene ring substituents is 1. The first kappa shape index (κ1) is 14.5. The van der Waals surface area contributed by atoms with Gasteiger partial charge in [0.1, 0.15) is 5.76 Å². The first-order valence-corrected chi connectivity index (χ1v) is 6.82. The molecule has 0 saturated heterocycles. The average molecular weight is 340 g/mol. The van der Waals surface area contributed by atoms with Crippen LogP contribution in [0.5, 0.6) is 0 Å². The van der Waals surface area contributed by atoms with E-state index in [9.17, 15) is 10.1 Å². The van der Waals surface area contributed by atoms with E-state index in [-0.39, 0.29) is 11.7 Å². The number of hydrogen-bond acceptors (Lipinski definition) is 5. The molecule has 0 aliphatic carbocycles. The van der Waals surface area contributed by atoms with Crippen LogP contribution >= 0.6 is 15.9 Å². The summed E-state index contributed by atoms with van der Waals surface area (Å²) in [4.78, 5) is 10.3. The Labute approximate surface area is 124 Å². The third-order valence-corrected chi connectivity index (χ3v) is 3.71. The molecule has 0 saturated carbocycles. The maximum absolute atomic E-state index is 10.7. The van der Waals surface area contributed by atoms with Crippen LogP contribution in [0.4, 0.5) is 11.4 Å². The molecule has 0 amide bonds. The van der Waals surface area contributed by atoms with Crippen molar-refractivity contribution in [3.8, 4) is 0 Å². The van der Waals surface area contributed by atoms with Crippen molar-refractivity contribution in [1.29, 1.82) is 0 Å². The maximum atomic E-state index is 10.7. The molecule has 0 fully saturated rings. The molecule has 0 bridgehead atoms. The van der Waals surface area contributed by atoms with Gasteiger partial charge < -0.3 is 9.84 Å². The van der Waals surface area contributed by atoms with Gasteiger partial charge in [-0.15, -0.1) is 0 Å². The highest BCUT2D eigenvalue weighted by Gasteiger charge is 2.18. The molecule has 1 N–H and O–H groups in total. The minimum absolute atomic E-state index is 0.0148. The molecule has 0 spiro atoms. The van der Waals surface area contributed by atoms with Crippen LogP contribution in [0, 0.1) is 24.0 Å². The summed E-state index contributed by atoms with van der Waals surface area (Å²) in [6, 6.07) is 4.60. The molecule has 1 atom stereocenters. The van der Waals surface area contributed by atoms with Gasteiger partial charge in [-0.3, -0.25) is 10.1 Å². The molecule has 1 aromatic carbocycles. The molecule has 6 nitrogen and oxygen atoms in total. The van der Waals surface area contributed by atoms with Gasteiger partial charge in [-0.05, 0) is 42.8 Å². The van der Waals surface area contributed by atoms with E-state index in [2.05, 4.69) is 26.4 Å². The van der Waals surface area contributed by atoms with Gasteiger partial charge in [0.25, 0.3) is 5.69 Å². The van der Waals surface area contributed by atoms with Crippen LogP contribution < -0.4 is 5.32 Å². The van der Waals surface area contributed by atoms with E-state index < -0.39 is 4.92 Å². The van der Waals surface area contributed by atoms with Gasteiger partial charge in [0, 0.05) is 27.9 Å². The van der Waals surface area contributed by atoms with Gasteiger partial charge in [0.15, 0.2) is 0 Å². The third kappa shape index (κ3) is 2.82. The lowest BCUT2D eigenvalue weighted by atomic mass is 10.1. The molecule has 20 heavy (non-hydrogen) atoms. The van der Waals surface area contributed by atoms with Crippen LogP contribution in [0.1, 0.15) is 30.0 Å². The molecule has 0 aliphatic rings. The fraction of sp³-hybridized carbons (Fsp3) is 0.308. The number of nitrogens with zero attached hydrogens (tertiary/aromatic N) is 2. The van der Waals surface area contributed by atoms with Crippen molar-refractivity contribution in [3.05, 3.63) is 49.8 Å². The van der Waals surface area contributed by atoms with Crippen molar-refractivity contribution < 1.29 is 9.45 Å². The smallest absolute Gasteiger partial charge is 0.270 e. The minimum atomic E-state index is -0.424. The van der Waals surface area contributed by atoms with E-state index in [1.165, 1.54) is 12.1 Å². The monoisotopic (exact) mass is 339 g/mol. The highest BCUT2D eigenvalue weighted by molar-refractivity contribution is 9.10. The van der Waals surface area contributed by atoms with Crippen molar-refractivity contribution in [2.45, 2.75) is 26.8 Å². The van der Waals surface area contributed by atoms with E-state index in [1.807, 2.05) is 20.8 Å². The normalized spacial score (nSPS) is 12.2. The summed E-state index contributed by atoms with van der Waals surface area (Å²) in [5.74, 6) is 0.764. The summed E-state index contributed by atoms with van der Waals surface area (Å²) >= 11 is 3.34. The number of nitro groups is 1. The number of rotatable bonds is 4. The zero-order valence-electron chi connectivity index (χ0n) is 11.3. The summed E-state index contributed by atoms with van der Waals surface area (Å²) in [6.45, 7) is 5.73. The molecular formula is C13H14BrN3O3. The zero-order chi connectivity index (χ0) is 14.9. The van der Waals surface area contributed by atoms with Crippen molar-refractivity contribution in [3.63, 3.8) is 0 Å². The number of aromatic nitrogens is 1. The Morgan fingerprint density at radius 2 is 2.15 bits per heavy atom. The van der Waals surface area contributed by atoms with Crippen LogP contribution in [0.25, 0.3) is 0 Å². The second-order valence-electron chi connectivity index (χ2n) is 4.53. The Morgan fingerprint density at radius 1 is 1.45 bits per heavy atom. The van der Waals surface area contributed by atoms with Crippen LogP contribution in [0.3, 0.4) is 0 Å². The van der Waals surface area contributed by atoms with Crippen molar-refractivity contribution in [2.75, 3.05) is 5.32 Å². The predicted octanol–water partition coefficient (Wildman–Crippen LogP) is 4.14. The summed E-state index contributed by atoms with van der Waals surface area (Å²) in [6.07, 6.45) is 0. The first-order chi connectivity index (χ1) is 9.40. The number of nitro benzene ring substituents is 1. The molecular weight excluding hydrogens is 326 g/mol. The zero-order valence-corrected chi connectivity index (χ0v) is 12.9. The van der Waals surface area contributed by atoms with E-state index >= 15 is 0 Å². The average Bonchev–Trinajstić information content (AvgIpc) is 2.71. The highest BCUT2D eigenvalue weighted by Crippen LogP contribution is 2.31. The maximum Gasteiger partial charge on any atom is 0.270 e. The molecule has 7 heteroatoms. The van der Waals surface area contributed by atoms with Gasteiger partial charge in [0.05, 0.1) is 16.7 Å². The standard InChI is InChI=1S/C13H14BrN3O3/c1-7(13-8(2)16-20-9(13)3)15-12-5-4-10(17(18)19)6-11(12)14/h4-7,15H,1-3H3. The van der Waals surface area contributed by atoms with E-state index in [1.54, 1.807) is 6.07 Å². The Kier molecular flexibility index (Phi) is 4.08. The molecule has 1 unspecified atom stereocenters. The molecule has 2 rings (SSSR count). The van der Waals surface area contributed by atoms with Crippen LogP contribution in [0.15, 0.2) is 27.2 Å². The lowest BCUT2D eigenvalue weighted by molar-refractivity contribution is -0.384. The number of aryl methyl sites for hydroxylation is 2. The highest BCUT2D eigenvalue weighted by atomic mass is 79.9. The van der Waals surface area contributed by atoms with Crippen molar-refractivity contribution in [2.24, 2.45) is 0 Å². The van der Waals surface area contributed by atoms with Crippen molar-refractivity contribution in [1.82, 2.24) is 5.16 Å². The second kappa shape index (κ2) is 5.62. The van der Waals surface area contributed by atoms with Crippen LogP contribution in [0.2, 0.25) is 0 Å². The molecule has 1 heterocycles. The largest absolute Gasteiger partial charge is 0.377 e. The topological polar surface area (TPSA) is 81.2 Å². The predicted molar refractivity (Wildman–Crippen MR) is 78.8 cm³/mol. The summed E-state index contributed by atoms with van der Waals surface area (Å²) in [5, 5.41) is 17.9. The molecule has 0 radical (unpaired) electrons. The van der Waals surface area contributed by atoms with Gasteiger partial charge in [0.2, 0.25) is 0 Å². The summed E-state index contributed by atoms with van der Waals surface area (Å²) in [7, 11) is 0. The van der Waals surface area contributed by atoms with Gasteiger partial charge in [-0.1, -0.05) is 5.16 Å². The van der Waals surface area contributed by atoms with Crippen molar-refractivity contribution >= 4 is 27.3 Å². The summed E-state index contributed by atoms with van der Waals surface area (Å²) in [5.41, 5.74) is 2.66. The molecule has 1 aromatic heterocycles. The minimum Gasteiger partial charge on any atom is -0.377 e. The Morgan fingerprint density at radius 3 is 2.65 bits per heavy atom. The Bertz CT molecular complexity index is 635. The summed E-state index contributed by atoms with van der Waals surface area (Å²) < 4.78 is 5.79. The van der Waals surface area contributed by atoms with Gasteiger partial charge in [-0.2, -0.15) is 0 Å². The quantitative estimate of drug-likeness (QED) is 0.668. The van der Waals surface area contributed by atoms with E-state index in [0.717, 1.165) is 22.7 Å². The van der Waals surface area contributed by atoms with Gasteiger partial charge in [-0.25, -0.2) is 0 Å². The SMILES string of the molecule is Cc1noc(C)c1C(C)Nc1ccc([N+](=O)[O-])cc1Br. The van der Waals surface area contributed by atoms with Gasteiger partial charge >= 0.3 is 0 Å². The number of nitrogens with one attached hydrogen (secondary N) is 1. The third-order valence-electron chi connectivity index (χ3n) is 3.06. The van der Waals surface area contributed by atoms with E-state index in [0.29, 0.717) is 4.47 Å². The first-order valence-electron chi connectivity index (χ1n) is 6.03. The lowest BCUT2D eigenvalue weighted by Crippen LogP contribution is -2.09. The number of benzene rings is 1. The Balaban J connectivity index is 2.24. The number of hydrogen-bond donors (Lipinski definition) is 1. The van der Waals surface area contributed by atoms with E-state index in [4.69, 9.17) is 4.52 Å². The molecule has 106 valence electrons. The number of halogens is 1. The molecule has 2 aromatic rings. The number of anilines is 1. The lowest BCUT2D eigenvalue weighted by Gasteiger charge is -2.16. The fourth-order valence-corrected chi connectivity index (χ4v) is 2.63. The Hall–Kier alpha value is -1.89.